The summed E-state index contributed by atoms with van der Waals surface area (Å²) in [5.41, 5.74) is 2.34. The lowest BCUT2D eigenvalue weighted by atomic mass is 10.2. The monoisotopic (exact) mass is 275 g/mol. The minimum atomic E-state index is -0.199. The van der Waals surface area contributed by atoms with Gasteiger partial charge >= 0.3 is 0 Å². The molecule has 0 radical (unpaired) electrons. The SMILES string of the molecule is COc1ccc(C(=O)Nc2cccc(C)c2)cc1Cl. The molecule has 0 saturated heterocycles. The van der Waals surface area contributed by atoms with Crippen LogP contribution in [0.3, 0.4) is 0 Å². The van der Waals surface area contributed by atoms with E-state index >= 15 is 0 Å². The van der Waals surface area contributed by atoms with Gasteiger partial charge in [0, 0.05) is 11.3 Å². The smallest absolute Gasteiger partial charge is 0.255 e. The highest BCUT2D eigenvalue weighted by atomic mass is 35.5. The Balaban J connectivity index is 2.18. The summed E-state index contributed by atoms with van der Waals surface area (Å²) in [5, 5.41) is 3.24. The number of halogens is 1. The number of hydrogen-bond donors (Lipinski definition) is 1. The zero-order chi connectivity index (χ0) is 13.8. The van der Waals surface area contributed by atoms with Crippen molar-refractivity contribution in [2.45, 2.75) is 6.92 Å². The van der Waals surface area contributed by atoms with E-state index in [1.54, 1.807) is 18.2 Å². The maximum absolute atomic E-state index is 12.1. The number of benzene rings is 2. The Bertz CT molecular complexity index is 611. The van der Waals surface area contributed by atoms with Crippen molar-refractivity contribution in [2.75, 3.05) is 12.4 Å². The van der Waals surface area contributed by atoms with Gasteiger partial charge in [0.1, 0.15) is 5.75 Å². The molecule has 0 aliphatic carbocycles. The van der Waals surface area contributed by atoms with Crippen LogP contribution in [0.25, 0.3) is 0 Å². The summed E-state index contributed by atoms with van der Waals surface area (Å²) in [6, 6.07) is 12.6. The van der Waals surface area contributed by atoms with Crippen LogP contribution < -0.4 is 10.1 Å². The second kappa shape index (κ2) is 5.76. The quantitative estimate of drug-likeness (QED) is 0.922. The molecule has 0 heterocycles. The molecule has 1 N–H and O–H groups in total. The third-order valence-electron chi connectivity index (χ3n) is 2.69. The zero-order valence-corrected chi connectivity index (χ0v) is 11.5. The summed E-state index contributed by atoms with van der Waals surface area (Å²) in [7, 11) is 1.54. The molecule has 2 rings (SSSR count). The van der Waals surface area contributed by atoms with Crippen LogP contribution in [0.2, 0.25) is 5.02 Å². The number of carbonyl (C=O) groups is 1. The first-order valence-corrected chi connectivity index (χ1v) is 6.19. The van der Waals surface area contributed by atoms with Gasteiger partial charge in [-0.2, -0.15) is 0 Å². The van der Waals surface area contributed by atoms with Gasteiger partial charge in [-0.15, -0.1) is 0 Å². The summed E-state index contributed by atoms with van der Waals surface area (Å²) >= 11 is 6.00. The van der Waals surface area contributed by atoms with Crippen LogP contribution in [0.4, 0.5) is 5.69 Å². The standard InChI is InChI=1S/C15H14ClNO2/c1-10-4-3-5-12(8-10)17-15(18)11-6-7-14(19-2)13(16)9-11/h3-9H,1-2H3,(H,17,18). The lowest BCUT2D eigenvalue weighted by Gasteiger charge is -2.08. The van der Waals surface area contributed by atoms with Gasteiger partial charge in [-0.25, -0.2) is 0 Å². The molecule has 2 aromatic rings. The summed E-state index contributed by atoms with van der Waals surface area (Å²) in [6.07, 6.45) is 0. The van der Waals surface area contributed by atoms with Gasteiger partial charge in [0.25, 0.3) is 5.91 Å². The van der Waals surface area contributed by atoms with E-state index in [0.29, 0.717) is 16.3 Å². The van der Waals surface area contributed by atoms with E-state index < -0.39 is 0 Å². The van der Waals surface area contributed by atoms with Crippen molar-refractivity contribution in [1.82, 2.24) is 0 Å². The van der Waals surface area contributed by atoms with E-state index in [-0.39, 0.29) is 5.91 Å². The van der Waals surface area contributed by atoms with Crippen molar-refractivity contribution in [3.05, 3.63) is 58.6 Å². The van der Waals surface area contributed by atoms with Crippen LogP contribution in [-0.4, -0.2) is 13.0 Å². The number of rotatable bonds is 3. The Morgan fingerprint density at radius 1 is 1.21 bits per heavy atom. The fourth-order valence-electron chi connectivity index (χ4n) is 1.73. The van der Waals surface area contributed by atoms with Crippen LogP contribution in [0, 0.1) is 6.92 Å². The number of methoxy groups -OCH3 is 1. The molecular formula is C15H14ClNO2. The van der Waals surface area contributed by atoms with Gasteiger partial charge < -0.3 is 10.1 Å². The van der Waals surface area contributed by atoms with Crippen LogP contribution in [0.15, 0.2) is 42.5 Å². The molecule has 0 aliphatic heterocycles. The molecule has 0 fully saturated rings. The highest BCUT2D eigenvalue weighted by Crippen LogP contribution is 2.25. The first-order chi connectivity index (χ1) is 9.10. The molecule has 0 aromatic heterocycles. The van der Waals surface area contributed by atoms with Gasteiger partial charge in [0.2, 0.25) is 0 Å². The topological polar surface area (TPSA) is 38.3 Å². The molecule has 3 nitrogen and oxygen atoms in total. The number of ether oxygens (including phenoxy) is 1. The van der Waals surface area contributed by atoms with Crippen molar-refractivity contribution >= 4 is 23.2 Å². The molecule has 98 valence electrons. The Morgan fingerprint density at radius 3 is 2.63 bits per heavy atom. The van der Waals surface area contributed by atoms with E-state index in [1.165, 1.54) is 7.11 Å². The Labute approximate surface area is 117 Å². The number of amides is 1. The van der Waals surface area contributed by atoms with E-state index in [1.807, 2.05) is 31.2 Å². The first-order valence-electron chi connectivity index (χ1n) is 5.81. The summed E-state index contributed by atoms with van der Waals surface area (Å²) < 4.78 is 5.05. The lowest BCUT2D eigenvalue weighted by molar-refractivity contribution is 0.102. The van der Waals surface area contributed by atoms with Crippen molar-refractivity contribution in [3.63, 3.8) is 0 Å². The fourth-order valence-corrected chi connectivity index (χ4v) is 1.99. The molecule has 0 unspecified atom stereocenters. The Morgan fingerprint density at radius 2 is 2.00 bits per heavy atom. The highest BCUT2D eigenvalue weighted by molar-refractivity contribution is 6.32. The highest BCUT2D eigenvalue weighted by Gasteiger charge is 2.09. The third kappa shape index (κ3) is 3.26. The van der Waals surface area contributed by atoms with Gasteiger partial charge in [-0.1, -0.05) is 23.7 Å². The van der Waals surface area contributed by atoms with E-state index in [0.717, 1.165) is 11.3 Å². The maximum Gasteiger partial charge on any atom is 0.255 e. The third-order valence-corrected chi connectivity index (χ3v) is 2.99. The molecule has 0 atom stereocenters. The Hall–Kier alpha value is -2.00. The predicted octanol–water partition coefficient (Wildman–Crippen LogP) is 3.91. The van der Waals surface area contributed by atoms with E-state index in [2.05, 4.69) is 5.32 Å². The van der Waals surface area contributed by atoms with E-state index in [9.17, 15) is 4.79 Å². The van der Waals surface area contributed by atoms with Gasteiger partial charge in [-0.3, -0.25) is 4.79 Å². The van der Waals surface area contributed by atoms with E-state index in [4.69, 9.17) is 16.3 Å². The average Bonchev–Trinajstić information content (AvgIpc) is 2.38. The maximum atomic E-state index is 12.1. The predicted molar refractivity (Wildman–Crippen MR) is 77.1 cm³/mol. The second-order valence-corrected chi connectivity index (χ2v) is 4.58. The number of carbonyl (C=O) groups excluding carboxylic acids is 1. The van der Waals surface area contributed by atoms with Crippen LogP contribution in [-0.2, 0) is 0 Å². The number of hydrogen-bond acceptors (Lipinski definition) is 2. The zero-order valence-electron chi connectivity index (χ0n) is 10.7. The summed E-state index contributed by atoms with van der Waals surface area (Å²) in [4.78, 5) is 12.1. The molecule has 19 heavy (non-hydrogen) atoms. The Kier molecular flexibility index (Phi) is 4.07. The molecule has 0 saturated carbocycles. The van der Waals surface area contributed by atoms with Crippen LogP contribution in [0.5, 0.6) is 5.75 Å². The molecule has 2 aromatic carbocycles. The number of nitrogens with one attached hydrogen (secondary N) is 1. The minimum absolute atomic E-state index is 0.199. The average molecular weight is 276 g/mol. The lowest BCUT2D eigenvalue weighted by Crippen LogP contribution is -2.11. The molecule has 0 spiro atoms. The summed E-state index contributed by atoms with van der Waals surface area (Å²) in [6.45, 7) is 1.97. The van der Waals surface area contributed by atoms with Crippen molar-refractivity contribution in [1.29, 1.82) is 0 Å². The fraction of sp³-hybridized carbons (Fsp3) is 0.133. The first kappa shape index (κ1) is 13.4. The molecule has 0 aliphatic rings. The van der Waals surface area contributed by atoms with Crippen LogP contribution in [0.1, 0.15) is 15.9 Å². The van der Waals surface area contributed by atoms with Crippen LogP contribution >= 0.6 is 11.6 Å². The normalized spacial score (nSPS) is 10.1. The molecular weight excluding hydrogens is 262 g/mol. The van der Waals surface area contributed by atoms with Gasteiger partial charge in [0.15, 0.2) is 0 Å². The van der Waals surface area contributed by atoms with Crippen molar-refractivity contribution in [3.8, 4) is 5.75 Å². The molecule has 0 bridgehead atoms. The van der Waals surface area contributed by atoms with Crippen molar-refractivity contribution in [2.24, 2.45) is 0 Å². The minimum Gasteiger partial charge on any atom is -0.495 e. The number of aryl methyl sites for hydroxylation is 1. The number of anilines is 1. The molecule has 4 heteroatoms. The second-order valence-electron chi connectivity index (χ2n) is 4.17. The molecule has 1 amide bonds. The summed E-state index contributed by atoms with van der Waals surface area (Å²) in [5.74, 6) is 0.351. The van der Waals surface area contributed by atoms with Gasteiger partial charge in [0.05, 0.1) is 12.1 Å². The van der Waals surface area contributed by atoms with Crippen molar-refractivity contribution < 1.29 is 9.53 Å². The largest absolute Gasteiger partial charge is 0.495 e. The van der Waals surface area contributed by atoms with Gasteiger partial charge in [-0.05, 0) is 42.8 Å².